The second-order valence-electron chi connectivity index (χ2n) is 3.76. The highest BCUT2D eigenvalue weighted by Gasteiger charge is 2.21. The van der Waals surface area contributed by atoms with Crippen LogP contribution in [0.3, 0.4) is 0 Å². The van der Waals surface area contributed by atoms with Crippen molar-refractivity contribution in [2.24, 2.45) is 10.9 Å². The van der Waals surface area contributed by atoms with E-state index in [-0.39, 0.29) is 0 Å². The monoisotopic (exact) mass is 235 g/mol. The maximum absolute atomic E-state index is 11.3. The number of carbonyl (C=O) groups is 1. The second kappa shape index (κ2) is 6.81. The van der Waals surface area contributed by atoms with Crippen molar-refractivity contribution in [1.82, 2.24) is 0 Å². The lowest BCUT2D eigenvalue weighted by atomic mass is 10.1. The fourth-order valence-electron chi connectivity index (χ4n) is 1.37. The van der Waals surface area contributed by atoms with Crippen LogP contribution in [0.4, 0.5) is 0 Å². The number of ether oxygens (including phenoxy) is 1. The van der Waals surface area contributed by atoms with Gasteiger partial charge in [0.2, 0.25) is 0 Å². The molecule has 92 valence electrons. The summed E-state index contributed by atoms with van der Waals surface area (Å²) in [5.74, 6) is -1.18. The van der Waals surface area contributed by atoms with Crippen molar-refractivity contribution in [3.63, 3.8) is 0 Å². The molecule has 1 aromatic rings. The van der Waals surface area contributed by atoms with E-state index in [9.17, 15) is 9.90 Å². The van der Waals surface area contributed by atoms with E-state index >= 15 is 0 Å². The van der Waals surface area contributed by atoms with E-state index in [0.717, 1.165) is 5.56 Å². The number of esters is 1. The van der Waals surface area contributed by atoms with Crippen LogP contribution < -0.4 is 0 Å². The average molecular weight is 235 g/mol. The number of aliphatic hydroxyl groups excluding tert-OH is 1. The van der Waals surface area contributed by atoms with Crippen molar-refractivity contribution in [2.75, 3.05) is 7.11 Å². The summed E-state index contributed by atoms with van der Waals surface area (Å²) in [4.78, 5) is 15.5. The standard InChI is InChI=1S/C13H17NO3/c1-10(15)12(13(16)17-2)9-14-8-11-6-4-3-5-7-11/h3-7,9-10,12,15H,8H2,1-2H3. The molecule has 0 spiro atoms. The van der Waals surface area contributed by atoms with Gasteiger partial charge >= 0.3 is 5.97 Å². The zero-order valence-electron chi connectivity index (χ0n) is 10.0. The van der Waals surface area contributed by atoms with Crippen LogP contribution in [0.25, 0.3) is 0 Å². The highest BCUT2D eigenvalue weighted by molar-refractivity contribution is 5.90. The molecule has 0 heterocycles. The highest BCUT2D eigenvalue weighted by atomic mass is 16.5. The van der Waals surface area contributed by atoms with Crippen molar-refractivity contribution < 1.29 is 14.6 Å². The van der Waals surface area contributed by atoms with Gasteiger partial charge in [0, 0.05) is 6.21 Å². The molecule has 2 unspecified atom stereocenters. The first-order chi connectivity index (χ1) is 8.15. The summed E-state index contributed by atoms with van der Waals surface area (Å²) in [6.45, 7) is 2.02. The molecule has 0 radical (unpaired) electrons. The van der Waals surface area contributed by atoms with Gasteiger partial charge in [-0.15, -0.1) is 0 Å². The Morgan fingerprint density at radius 3 is 2.65 bits per heavy atom. The summed E-state index contributed by atoms with van der Waals surface area (Å²) in [6, 6.07) is 9.69. The van der Waals surface area contributed by atoms with Gasteiger partial charge in [0.25, 0.3) is 0 Å². The molecule has 0 aromatic heterocycles. The summed E-state index contributed by atoms with van der Waals surface area (Å²) in [7, 11) is 1.29. The molecule has 1 rings (SSSR count). The van der Waals surface area contributed by atoms with Crippen LogP contribution in [0.2, 0.25) is 0 Å². The topological polar surface area (TPSA) is 58.9 Å². The Balaban J connectivity index is 2.59. The van der Waals surface area contributed by atoms with E-state index in [2.05, 4.69) is 9.73 Å². The molecule has 0 saturated heterocycles. The number of hydrogen-bond donors (Lipinski definition) is 1. The van der Waals surface area contributed by atoms with Crippen LogP contribution in [-0.4, -0.2) is 30.5 Å². The van der Waals surface area contributed by atoms with E-state index in [1.165, 1.54) is 20.2 Å². The first-order valence-corrected chi connectivity index (χ1v) is 5.45. The Bertz CT molecular complexity index is 374. The lowest BCUT2D eigenvalue weighted by Gasteiger charge is -2.12. The largest absolute Gasteiger partial charge is 0.468 e. The minimum Gasteiger partial charge on any atom is -0.468 e. The first-order valence-electron chi connectivity index (χ1n) is 5.45. The molecule has 1 N–H and O–H groups in total. The molecule has 4 nitrogen and oxygen atoms in total. The SMILES string of the molecule is COC(=O)C(C=NCc1ccccc1)C(C)O. The third kappa shape index (κ3) is 4.36. The number of aliphatic imine (C=N–C) groups is 1. The highest BCUT2D eigenvalue weighted by Crippen LogP contribution is 2.05. The molecule has 1 aromatic carbocycles. The van der Waals surface area contributed by atoms with Gasteiger partial charge < -0.3 is 9.84 Å². The quantitative estimate of drug-likeness (QED) is 0.620. The first kappa shape index (κ1) is 13.4. The van der Waals surface area contributed by atoms with Crippen molar-refractivity contribution >= 4 is 12.2 Å². The maximum Gasteiger partial charge on any atom is 0.316 e. The fraction of sp³-hybridized carbons (Fsp3) is 0.385. The molecule has 0 fully saturated rings. The van der Waals surface area contributed by atoms with Gasteiger partial charge in [-0.25, -0.2) is 0 Å². The van der Waals surface area contributed by atoms with Crippen molar-refractivity contribution in [2.45, 2.75) is 19.6 Å². The van der Waals surface area contributed by atoms with Gasteiger partial charge in [0.15, 0.2) is 0 Å². The van der Waals surface area contributed by atoms with E-state index in [0.29, 0.717) is 6.54 Å². The fourth-order valence-corrected chi connectivity index (χ4v) is 1.37. The number of benzene rings is 1. The van der Waals surface area contributed by atoms with E-state index in [4.69, 9.17) is 0 Å². The molecule has 17 heavy (non-hydrogen) atoms. The Kier molecular flexibility index (Phi) is 5.36. The zero-order valence-corrected chi connectivity index (χ0v) is 10.0. The van der Waals surface area contributed by atoms with Crippen LogP contribution in [0.5, 0.6) is 0 Å². The van der Waals surface area contributed by atoms with Gasteiger partial charge in [-0.2, -0.15) is 0 Å². The number of nitrogens with zero attached hydrogens (tertiary/aromatic N) is 1. The number of methoxy groups -OCH3 is 1. The van der Waals surface area contributed by atoms with Crippen molar-refractivity contribution in [3.8, 4) is 0 Å². The molecule has 0 aliphatic rings. The van der Waals surface area contributed by atoms with Crippen LogP contribution in [0.15, 0.2) is 35.3 Å². The van der Waals surface area contributed by atoms with Gasteiger partial charge in [-0.3, -0.25) is 9.79 Å². The zero-order chi connectivity index (χ0) is 12.7. The number of aliphatic hydroxyl groups is 1. The number of carbonyl (C=O) groups excluding carboxylic acids is 1. The number of rotatable bonds is 5. The molecular weight excluding hydrogens is 218 g/mol. The average Bonchev–Trinajstić information content (AvgIpc) is 2.34. The van der Waals surface area contributed by atoms with Gasteiger partial charge in [0.1, 0.15) is 5.92 Å². The third-order valence-electron chi connectivity index (χ3n) is 2.38. The minimum absolute atomic E-state index is 0.475. The molecule has 0 aliphatic heterocycles. The predicted octanol–water partition coefficient (Wildman–Crippen LogP) is 1.43. The van der Waals surface area contributed by atoms with E-state index < -0.39 is 18.0 Å². The molecule has 0 saturated carbocycles. The summed E-state index contributed by atoms with van der Waals surface area (Å²) in [5, 5.41) is 9.42. The number of hydrogen-bond acceptors (Lipinski definition) is 4. The Morgan fingerprint density at radius 2 is 2.12 bits per heavy atom. The Morgan fingerprint density at radius 1 is 1.47 bits per heavy atom. The normalized spacial score (nSPS) is 14.5. The molecule has 4 heteroatoms. The molecule has 0 amide bonds. The van der Waals surface area contributed by atoms with Gasteiger partial charge in [-0.1, -0.05) is 30.3 Å². The summed E-state index contributed by atoms with van der Waals surface area (Å²) in [5.41, 5.74) is 1.05. The lowest BCUT2D eigenvalue weighted by Crippen LogP contribution is -2.28. The Hall–Kier alpha value is -1.68. The second-order valence-corrected chi connectivity index (χ2v) is 3.76. The summed E-state index contributed by atoms with van der Waals surface area (Å²) in [6.07, 6.45) is 0.644. The molecule has 2 atom stereocenters. The summed E-state index contributed by atoms with van der Waals surface area (Å²) < 4.78 is 4.59. The van der Waals surface area contributed by atoms with E-state index in [1.54, 1.807) is 0 Å². The summed E-state index contributed by atoms with van der Waals surface area (Å²) >= 11 is 0. The van der Waals surface area contributed by atoms with Crippen molar-refractivity contribution in [1.29, 1.82) is 0 Å². The predicted molar refractivity (Wildman–Crippen MR) is 65.8 cm³/mol. The minimum atomic E-state index is -0.804. The molecule has 0 aliphatic carbocycles. The van der Waals surface area contributed by atoms with E-state index in [1.807, 2.05) is 30.3 Å². The van der Waals surface area contributed by atoms with Crippen LogP contribution >= 0.6 is 0 Å². The lowest BCUT2D eigenvalue weighted by molar-refractivity contribution is -0.145. The van der Waals surface area contributed by atoms with Crippen LogP contribution in [0.1, 0.15) is 12.5 Å². The van der Waals surface area contributed by atoms with Gasteiger partial charge in [0.05, 0.1) is 19.8 Å². The Labute approximate surface area is 101 Å². The van der Waals surface area contributed by atoms with Crippen molar-refractivity contribution in [3.05, 3.63) is 35.9 Å². The smallest absolute Gasteiger partial charge is 0.316 e. The third-order valence-corrected chi connectivity index (χ3v) is 2.38. The van der Waals surface area contributed by atoms with Gasteiger partial charge in [-0.05, 0) is 12.5 Å². The van der Waals surface area contributed by atoms with Crippen LogP contribution in [-0.2, 0) is 16.1 Å². The van der Waals surface area contributed by atoms with Crippen LogP contribution in [0, 0.1) is 5.92 Å². The maximum atomic E-state index is 11.3. The molecular formula is C13H17NO3. The molecule has 0 bridgehead atoms.